The third kappa shape index (κ3) is 3.58. The van der Waals surface area contributed by atoms with Crippen LogP contribution in [0.2, 0.25) is 0 Å². The maximum atomic E-state index is 3.59. The lowest BCUT2D eigenvalue weighted by atomic mass is 10.2. The Morgan fingerprint density at radius 2 is 2.31 bits per heavy atom. The molecular weight excluding hydrogens is 216 g/mol. The average Bonchev–Trinajstić information content (AvgIpc) is 3.01. The number of hydrogen-bond donors (Lipinski definition) is 2. The molecule has 1 heterocycles. The number of nitrogens with one attached hydrogen (secondary N) is 2. The summed E-state index contributed by atoms with van der Waals surface area (Å²) in [5, 5.41) is 9.34. The van der Waals surface area contributed by atoms with E-state index in [1.165, 1.54) is 23.3 Å². The molecular formula is C13H22N2S. The standard InChI is InChI=1S/C13H22N2S/c1-3-11-6-7-16-13(11)9-14-10(2)8-15-12-4-5-12/h6-7,10,12,14-15H,3-5,8-9H2,1-2H3. The predicted octanol–water partition coefficient (Wildman–Crippen LogP) is 2.54. The van der Waals surface area contributed by atoms with Crippen LogP contribution in [0.4, 0.5) is 0 Å². The van der Waals surface area contributed by atoms with Crippen molar-refractivity contribution in [2.24, 2.45) is 0 Å². The van der Waals surface area contributed by atoms with Gasteiger partial charge in [-0.25, -0.2) is 0 Å². The van der Waals surface area contributed by atoms with E-state index in [1.807, 2.05) is 11.3 Å². The van der Waals surface area contributed by atoms with E-state index < -0.39 is 0 Å². The molecule has 0 saturated heterocycles. The van der Waals surface area contributed by atoms with Gasteiger partial charge in [-0.2, -0.15) is 0 Å². The molecule has 16 heavy (non-hydrogen) atoms. The Bertz CT molecular complexity index is 317. The summed E-state index contributed by atoms with van der Waals surface area (Å²) in [4.78, 5) is 1.50. The molecule has 1 aliphatic rings. The molecule has 90 valence electrons. The lowest BCUT2D eigenvalue weighted by molar-refractivity contribution is 0.501. The van der Waals surface area contributed by atoms with Gasteiger partial charge < -0.3 is 10.6 Å². The molecule has 0 bridgehead atoms. The van der Waals surface area contributed by atoms with Crippen LogP contribution in [0.1, 0.15) is 37.1 Å². The van der Waals surface area contributed by atoms with Crippen LogP contribution in [0.5, 0.6) is 0 Å². The van der Waals surface area contributed by atoms with Crippen LogP contribution >= 0.6 is 11.3 Å². The minimum absolute atomic E-state index is 0.562. The van der Waals surface area contributed by atoms with Crippen LogP contribution in [0.25, 0.3) is 0 Å². The van der Waals surface area contributed by atoms with Crippen molar-refractivity contribution in [2.45, 2.75) is 51.7 Å². The van der Waals surface area contributed by atoms with Crippen molar-refractivity contribution in [2.75, 3.05) is 6.54 Å². The molecule has 2 N–H and O–H groups in total. The summed E-state index contributed by atoms with van der Waals surface area (Å²) < 4.78 is 0. The van der Waals surface area contributed by atoms with Crippen molar-refractivity contribution in [3.8, 4) is 0 Å². The van der Waals surface area contributed by atoms with E-state index in [0.717, 1.165) is 25.6 Å². The van der Waals surface area contributed by atoms with Gasteiger partial charge in [0.15, 0.2) is 0 Å². The second-order valence-corrected chi connectivity index (χ2v) is 5.69. The molecule has 0 radical (unpaired) electrons. The Labute approximate surface area is 102 Å². The van der Waals surface area contributed by atoms with Gasteiger partial charge >= 0.3 is 0 Å². The smallest absolute Gasteiger partial charge is 0.0305 e. The SMILES string of the molecule is CCc1ccsc1CNC(C)CNC1CC1. The van der Waals surface area contributed by atoms with E-state index in [9.17, 15) is 0 Å². The quantitative estimate of drug-likeness (QED) is 0.763. The van der Waals surface area contributed by atoms with Crippen molar-refractivity contribution in [1.82, 2.24) is 10.6 Å². The topological polar surface area (TPSA) is 24.1 Å². The Balaban J connectivity index is 1.68. The van der Waals surface area contributed by atoms with Gasteiger partial charge in [-0.15, -0.1) is 11.3 Å². The van der Waals surface area contributed by atoms with Gasteiger partial charge in [0, 0.05) is 30.1 Å². The average molecular weight is 238 g/mol. The van der Waals surface area contributed by atoms with Crippen molar-refractivity contribution < 1.29 is 0 Å². The summed E-state index contributed by atoms with van der Waals surface area (Å²) in [6.45, 7) is 6.60. The van der Waals surface area contributed by atoms with Gasteiger partial charge in [0.05, 0.1) is 0 Å². The number of thiophene rings is 1. The zero-order valence-electron chi connectivity index (χ0n) is 10.3. The summed E-state index contributed by atoms with van der Waals surface area (Å²) >= 11 is 1.87. The first-order chi connectivity index (χ1) is 7.79. The summed E-state index contributed by atoms with van der Waals surface area (Å²) in [6, 6.07) is 3.62. The Morgan fingerprint density at radius 1 is 1.50 bits per heavy atom. The molecule has 1 aromatic rings. The number of rotatable bonds is 7. The molecule has 0 aromatic carbocycles. The van der Waals surface area contributed by atoms with Gasteiger partial charge in [0.25, 0.3) is 0 Å². The lowest BCUT2D eigenvalue weighted by Crippen LogP contribution is -2.36. The summed E-state index contributed by atoms with van der Waals surface area (Å²) in [5.74, 6) is 0. The van der Waals surface area contributed by atoms with Gasteiger partial charge in [0.2, 0.25) is 0 Å². The second-order valence-electron chi connectivity index (χ2n) is 4.69. The molecule has 2 rings (SSSR count). The summed E-state index contributed by atoms with van der Waals surface area (Å²) in [6.07, 6.45) is 3.89. The molecule has 2 nitrogen and oxygen atoms in total. The van der Waals surface area contributed by atoms with E-state index in [0.29, 0.717) is 6.04 Å². The molecule has 1 aliphatic carbocycles. The van der Waals surface area contributed by atoms with Crippen LogP contribution in [-0.4, -0.2) is 18.6 Å². The van der Waals surface area contributed by atoms with E-state index in [2.05, 4.69) is 35.9 Å². The van der Waals surface area contributed by atoms with E-state index in [4.69, 9.17) is 0 Å². The highest BCUT2D eigenvalue weighted by molar-refractivity contribution is 7.10. The highest BCUT2D eigenvalue weighted by Gasteiger charge is 2.20. The van der Waals surface area contributed by atoms with Gasteiger partial charge in [-0.3, -0.25) is 0 Å². The van der Waals surface area contributed by atoms with E-state index >= 15 is 0 Å². The summed E-state index contributed by atoms with van der Waals surface area (Å²) in [7, 11) is 0. The molecule has 3 heteroatoms. The van der Waals surface area contributed by atoms with Crippen molar-refractivity contribution in [3.05, 3.63) is 21.9 Å². The van der Waals surface area contributed by atoms with Crippen LogP contribution in [-0.2, 0) is 13.0 Å². The van der Waals surface area contributed by atoms with Crippen LogP contribution in [0.3, 0.4) is 0 Å². The van der Waals surface area contributed by atoms with Crippen molar-refractivity contribution in [1.29, 1.82) is 0 Å². The van der Waals surface area contributed by atoms with E-state index in [1.54, 1.807) is 0 Å². The maximum Gasteiger partial charge on any atom is 0.0305 e. The van der Waals surface area contributed by atoms with E-state index in [-0.39, 0.29) is 0 Å². The van der Waals surface area contributed by atoms with Gasteiger partial charge in [-0.05, 0) is 43.2 Å². The molecule has 1 saturated carbocycles. The van der Waals surface area contributed by atoms with Gasteiger partial charge in [0.1, 0.15) is 0 Å². The fraction of sp³-hybridized carbons (Fsp3) is 0.692. The monoisotopic (exact) mass is 238 g/mol. The third-order valence-electron chi connectivity index (χ3n) is 3.12. The van der Waals surface area contributed by atoms with Crippen molar-refractivity contribution >= 4 is 11.3 Å². The van der Waals surface area contributed by atoms with Crippen LogP contribution in [0, 0.1) is 0 Å². The third-order valence-corrected chi connectivity index (χ3v) is 4.08. The zero-order chi connectivity index (χ0) is 11.4. The fourth-order valence-electron chi connectivity index (χ4n) is 1.81. The lowest BCUT2D eigenvalue weighted by Gasteiger charge is -2.14. The van der Waals surface area contributed by atoms with Crippen molar-refractivity contribution in [3.63, 3.8) is 0 Å². The second kappa shape index (κ2) is 5.80. The van der Waals surface area contributed by atoms with Gasteiger partial charge in [-0.1, -0.05) is 6.92 Å². The molecule has 1 aromatic heterocycles. The largest absolute Gasteiger partial charge is 0.312 e. The molecule has 1 fully saturated rings. The zero-order valence-corrected chi connectivity index (χ0v) is 11.1. The minimum atomic E-state index is 0.562. The first-order valence-electron chi connectivity index (χ1n) is 6.31. The molecule has 1 atom stereocenters. The normalized spacial score (nSPS) is 17.6. The molecule has 1 unspecified atom stereocenters. The summed E-state index contributed by atoms with van der Waals surface area (Å²) in [5.41, 5.74) is 1.50. The highest BCUT2D eigenvalue weighted by Crippen LogP contribution is 2.19. The number of aryl methyl sites for hydroxylation is 1. The maximum absolute atomic E-state index is 3.59. The Kier molecular flexibility index (Phi) is 4.38. The highest BCUT2D eigenvalue weighted by atomic mass is 32.1. The molecule has 0 amide bonds. The Morgan fingerprint density at radius 3 is 3.00 bits per heavy atom. The molecule has 0 aliphatic heterocycles. The first-order valence-corrected chi connectivity index (χ1v) is 7.19. The minimum Gasteiger partial charge on any atom is -0.312 e. The van der Waals surface area contributed by atoms with Crippen LogP contribution < -0.4 is 10.6 Å². The Hall–Kier alpha value is -0.380. The van der Waals surface area contributed by atoms with Crippen LogP contribution in [0.15, 0.2) is 11.4 Å². The first kappa shape index (κ1) is 12.1. The number of hydrogen-bond acceptors (Lipinski definition) is 3. The fourth-order valence-corrected chi connectivity index (χ4v) is 2.73. The predicted molar refractivity (Wildman–Crippen MR) is 71.0 cm³/mol. The molecule has 0 spiro atoms.